The van der Waals surface area contributed by atoms with E-state index in [0.717, 1.165) is 68.4 Å². The molecule has 0 aliphatic heterocycles. The number of ether oxygens (including phenoxy) is 1. The second-order valence-electron chi connectivity index (χ2n) is 9.30. The molecule has 1 aromatic heterocycles. The molecule has 33 heavy (non-hydrogen) atoms. The third-order valence-corrected chi connectivity index (χ3v) is 7.80. The van der Waals surface area contributed by atoms with Crippen LogP contribution in [0.25, 0.3) is 5.57 Å². The predicted octanol–water partition coefficient (Wildman–Crippen LogP) is 8.31. The van der Waals surface area contributed by atoms with E-state index in [1.807, 2.05) is 26.0 Å². The Kier molecular flexibility index (Phi) is 10.0. The number of carbonyl (C=O) groups is 1. The molecule has 0 saturated heterocycles. The second-order valence-corrected chi connectivity index (χ2v) is 10.9. The molecule has 1 N–H and O–H groups in total. The molecular weight excluding hydrogens is 452 g/mol. The first-order valence-corrected chi connectivity index (χ1v) is 13.5. The maximum atomic E-state index is 12.1. The summed E-state index contributed by atoms with van der Waals surface area (Å²) in [7, 11) is 0. The van der Waals surface area contributed by atoms with Crippen molar-refractivity contribution in [2.75, 3.05) is 0 Å². The van der Waals surface area contributed by atoms with Crippen molar-refractivity contribution in [1.82, 2.24) is 0 Å². The third-order valence-electron chi connectivity index (χ3n) is 6.28. The van der Waals surface area contributed by atoms with Gasteiger partial charge >= 0.3 is 5.97 Å². The minimum atomic E-state index is -0.386. The van der Waals surface area contributed by atoms with Crippen LogP contribution in [0.3, 0.4) is 0 Å². The lowest BCUT2D eigenvalue weighted by Crippen LogP contribution is -2.09. The number of aryl methyl sites for hydroxylation is 1. The number of aliphatic hydroxyl groups excluding tert-OH is 1. The number of hydrogen-bond acceptors (Lipinski definition) is 4. The number of thiophene rings is 1. The Balaban J connectivity index is 1.55. The van der Waals surface area contributed by atoms with Crippen molar-refractivity contribution in [2.24, 2.45) is 5.92 Å². The van der Waals surface area contributed by atoms with Gasteiger partial charge in [0.05, 0.1) is 12.2 Å². The average Bonchev–Trinajstić information content (AvgIpc) is 3.40. The van der Waals surface area contributed by atoms with Crippen LogP contribution in [0.5, 0.6) is 0 Å². The van der Waals surface area contributed by atoms with Crippen LogP contribution in [0.1, 0.15) is 104 Å². The van der Waals surface area contributed by atoms with Crippen LogP contribution in [0, 0.1) is 5.92 Å². The highest BCUT2D eigenvalue weighted by molar-refractivity contribution is 7.13. The number of hydrogen-bond donors (Lipinski definition) is 1. The molecule has 180 valence electrons. The average molecular weight is 489 g/mol. The van der Waals surface area contributed by atoms with Crippen LogP contribution in [-0.4, -0.2) is 17.2 Å². The van der Waals surface area contributed by atoms with Crippen molar-refractivity contribution >= 4 is 34.5 Å². The van der Waals surface area contributed by atoms with E-state index < -0.39 is 0 Å². The van der Waals surface area contributed by atoms with Gasteiger partial charge in [-0.15, -0.1) is 11.3 Å². The number of aliphatic hydroxyl groups is 1. The fourth-order valence-electron chi connectivity index (χ4n) is 4.54. The number of carbonyl (C=O) groups excluding carboxylic acids is 1. The molecule has 2 unspecified atom stereocenters. The fraction of sp³-hybridized carbons (Fsp3) is 0.536. The van der Waals surface area contributed by atoms with Crippen LogP contribution in [0.4, 0.5) is 0 Å². The molecule has 1 aliphatic carbocycles. The monoisotopic (exact) mass is 488 g/mol. The summed E-state index contributed by atoms with van der Waals surface area (Å²) in [5.41, 5.74) is 3.45. The van der Waals surface area contributed by atoms with E-state index in [2.05, 4.69) is 31.2 Å². The SMILES string of the molecule is CCCCCC(O)c1ccc(C2=C(Cl)CCC2CCCc2ccc(C(=O)OC(C)C)s2)cc1. The first-order valence-electron chi connectivity index (χ1n) is 12.4. The first-order chi connectivity index (χ1) is 15.9. The van der Waals surface area contributed by atoms with Gasteiger partial charge in [-0.05, 0) is 87.1 Å². The van der Waals surface area contributed by atoms with E-state index in [9.17, 15) is 9.90 Å². The first kappa shape index (κ1) is 26.0. The standard InChI is InChI=1S/C28H37ClO3S/c1-4-5-6-10-25(30)20-11-13-22(14-12-20)27-21(15-17-24(27)29)8-7-9-23-16-18-26(33-23)28(31)32-19(2)3/h11-14,16,18-19,21,25,30H,4-10,15,17H2,1-3H3. The van der Waals surface area contributed by atoms with E-state index in [1.165, 1.54) is 27.4 Å². The van der Waals surface area contributed by atoms with Crippen LogP contribution in [-0.2, 0) is 11.2 Å². The van der Waals surface area contributed by atoms with Crippen LogP contribution in [0.15, 0.2) is 41.4 Å². The molecule has 2 atom stereocenters. The molecule has 5 heteroatoms. The molecule has 0 fully saturated rings. The zero-order valence-electron chi connectivity index (χ0n) is 20.1. The van der Waals surface area contributed by atoms with E-state index in [0.29, 0.717) is 10.8 Å². The minimum Gasteiger partial charge on any atom is -0.459 e. The Morgan fingerprint density at radius 2 is 1.91 bits per heavy atom. The summed E-state index contributed by atoms with van der Waals surface area (Å²) in [4.78, 5) is 14.0. The summed E-state index contributed by atoms with van der Waals surface area (Å²) in [6.45, 7) is 5.92. The summed E-state index contributed by atoms with van der Waals surface area (Å²) >= 11 is 8.19. The molecule has 3 rings (SSSR count). The summed E-state index contributed by atoms with van der Waals surface area (Å²) in [5, 5.41) is 11.4. The van der Waals surface area contributed by atoms with E-state index >= 15 is 0 Å². The summed E-state index contributed by atoms with van der Waals surface area (Å²) in [6, 6.07) is 12.3. The molecule has 0 radical (unpaired) electrons. The maximum absolute atomic E-state index is 12.1. The number of allylic oxidation sites excluding steroid dienone is 2. The predicted molar refractivity (Wildman–Crippen MR) is 139 cm³/mol. The summed E-state index contributed by atoms with van der Waals surface area (Å²) in [5.74, 6) is 0.233. The minimum absolute atomic E-state index is 0.0984. The molecule has 1 aromatic carbocycles. The number of benzene rings is 1. The van der Waals surface area contributed by atoms with Crippen molar-refractivity contribution in [3.63, 3.8) is 0 Å². The second kappa shape index (κ2) is 12.7. The summed E-state index contributed by atoms with van der Waals surface area (Å²) < 4.78 is 5.29. The maximum Gasteiger partial charge on any atom is 0.348 e. The largest absolute Gasteiger partial charge is 0.459 e. The van der Waals surface area contributed by atoms with Crippen LogP contribution < -0.4 is 0 Å². The number of rotatable bonds is 12. The van der Waals surface area contributed by atoms with E-state index in [-0.39, 0.29) is 18.2 Å². The van der Waals surface area contributed by atoms with E-state index in [4.69, 9.17) is 16.3 Å². The lowest BCUT2D eigenvalue weighted by atomic mass is 9.89. The number of halogens is 1. The molecule has 2 aromatic rings. The Morgan fingerprint density at radius 3 is 2.61 bits per heavy atom. The molecule has 0 saturated carbocycles. The fourth-order valence-corrected chi connectivity index (χ4v) is 5.84. The molecule has 0 amide bonds. The lowest BCUT2D eigenvalue weighted by molar-refractivity contribution is 0.0384. The third kappa shape index (κ3) is 7.43. The topological polar surface area (TPSA) is 46.5 Å². The van der Waals surface area contributed by atoms with Gasteiger partial charge in [-0.3, -0.25) is 0 Å². The van der Waals surface area contributed by atoms with Gasteiger partial charge in [0.15, 0.2) is 0 Å². The highest BCUT2D eigenvalue weighted by Crippen LogP contribution is 2.43. The molecule has 1 aliphatic rings. The Bertz CT molecular complexity index is 929. The van der Waals surface area contributed by atoms with Crippen molar-refractivity contribution in [1.29, 1.82) is 0 Å². The molecule has 0 bridgehead atoms. The number of esters is 1. The van der Waals surface area contributed by atoms with Gasteiger partial charge in [0.1, 0.15) is 4.88 Å². The zero-order valence-corrected chi connectivity index (χ0v) is 21.7. The smallest absolute Gasteiger partial charge is 0.348 e. The highest BCUT2D eigenvalue weighted by atomic mass is 35.5. The van der Waals surface area contributed by atoms with Crippen LogP contribution >= 0.6 is 22.9 Å². The van der Waals surface area contributed by atoms with Crippen molar-refractivity contribution in [3.8, 4) is 0 Å². The van der Waals surface area contributed by atoms with E-state index in [1.54, 1.807) is 0 Å². The van der Waals surface area contributed by atoms with Gasteiger partial charge in [0.25, 0.3) is 0 Å². The normalized spacial score (nSPS) is 17.1. The van der Waals surface area contributed by atoms with Crippen molar-refractivity contribution in [3.05, 3.63) is 62.3 Å². The zero-order chi connectivity index (χ0) is 23.8. The van der Waals surface area contributed by atoms with Crippen molar-refractivity contribution < 1.29 is 14.6 Å². The Hall–Kier alpha value is -1.62. The lowest BCUT2D eigenvalue weighted by Gasteiger charge is -2.17. The highest BCUT2D eigenvalue weighted by Gasteiger charge is 2.26. The van der Waals surface area contributed by atoms with Gasteiger partial charge in [-0.25, -0.2) is 4.79 Å². The van der Waals surface area contributed by atoms with Gasteiger partial charge in [-0.1, -0.05) is 62.1 Å². The number of unbranched alkanes of at least 4 members (excludes halogenated alkanes) is 2. The quantitative estimate of drug-likeness (QED) is 0.241. The molecule has 0 spiro atoms. The Morgan fingerprint density at radius 1 is 1.15 bits per heavy atom. The Labute approximate surface area is 207 Å². The van der Waals surface area contributed by atoms with Gasteiger partial charge < -0.3 is 9.84 Å². The van der Waals surface area contributed by atoms with Gasteiger partial charge in [0, 0.05) is 9.91 Å². The van der Waals surface area contributed by atoms with Crippen molar-refractivity contribution in [2.45, 2.75) is 90.8 Å². The summed E-state index contributed by atoms with van der Waals surface area (Å²) in [6.07, 6.45) is 8.85. The van der Waals surface area contributed by atoms with Gasteiger partial charge in [0.2, 0.25) is 0 Å². The molecule has 3 nitrogen and oxygen atoms in total. The molecule has 1 heterocycles. The van der Waals surface area contributed by atoms with Gasteiger partial charge in [-0.2, -0.15) is 0 Å². The molecular formula is C28H37ClO3S. The van der Waals surface area contributed by atoms with Crippen LogP contribution in [0.2, 0.25) is 0 Å².